The van der Waals surface area contributed by atoms with Crippen molar-refractivity contribution in [2.24, 2.45) is 7.05 Å². The van der Waals surface area contributed by atoms with E-state index >= 15 is 0 Å². The minimum Gasteiger partial charge on any atom is -0.483 e. The standard InChI is InChI=1S/C8H14N2.C2H6.CH2O2/c1-5-8-6(2)7(3)10(4)9-8;1-2;2-1-3/h5H2,1-4H3;1-2H3;1H,(H,2,3). The van der Waals surface area contributed by atoms with E-state index in [4.69, 9.17) is 9.90 Å². The molecule has 0 atom stereocenters. The molecule has 0 aliphatic rings. The first-order valence-electron chi connectivity index (χ1n) is 5.15. The molecular formula is C11H22N2O2. The van der Waals surface area contributed by atoms with Gasteiger partial charge in [0.1, 0.15) is 0 Å². The molecule has 0 saturated carbocycles. The quantitative estimate of drug-likeness (QED) is 0.730. The molecule has 4 heteroatoms. The molecule has 0 aromatic carbocycles. The number of carbonyl (C=O) groups is 1. The fraction of sp³-hybridized carbons (Fsp3) is 0.636. The van der Waals surface area contributed by atoms with Crippen molar-refractivity contribution in [2.75, 3.05) is 0 Å². The van der Waals surface area contributed by atoms with Crippen LogP contribution in [0.25, 0.3) is 0 Å². The van der Waals surface area contributed by atoms with E-state index < -0.39 is 0 Å². The Balaban J connectivity index is 0. The lowest BCUT2D eigenvalue weighted by atomic mass is 10.2. The van der Waals surface area contributed by atoms with Crippen molar-refractivity contribution in [1.29, 1.82) is 0 Å². The maximum absolute atomic E-state index is 8.36. The highest BCUT2D eigenvalue weighted by molar-refractivity contribution is 5.32. The molecule has 0 amide bonds. The summed E-state index contributed by atoms with van der Waals surface area (Å²) in [6.07, 6.45) is 1.04. The predicted octanol–water partition coefficient (Wildman–Crippen LogP) is 2.33. The zero-order valence-corrected chi connectivity index (χ0v) is 10.5. The van der Waals surface area contributed by atoms with Crippen molar-refractivity contribution >= 4 is 6.47 Å². The van der Waals surface area contributed by atoms with Gasteiger partial charge in [0.05, 0.1) is 5.69 Å². The van der Waals surface area contributed by atoms with Crippen LogP contribution in [0.3, 0.4) is 0 Å². The molecular weight excluding hydrogens is 192 g/mol. The van der Waals surface area contributed by atoms with Gasteiger partial charge in [0, 0.05) is 12.7 Å². The highest BCUT2D eigenvalue weighted by Gasteiger charge is 2.04. The molecule has 0 bridgehead atoms. The summed E-state index contributed by atoms with van der Waals surface area (Å²) < 4.78 is 1.94. The van der Waals surface area contributed by atoms with E-state index in [-0.39, 0.29) is 6.47 Å². The van der Waals surface area contributed by atoms with Gasteiger partial charge < -0.3 is 5.11 Å². The van der Waals surface area contributed by atoms with E-state index in [2.05, 4.69) is 25.9 Å². The maximum atomic E-state index is 8.36. The van der Waals surface area contributed by atoms with Crippen LogP contribution in [0, 0.1) is 13.8 Å². The zero-order chi connectivity index (χ0) is 12.4. The second-order valence-corrected chi connectivity index (χ2v) is 2.74. The van der Waals surface area contributed by atoms with Crippen LogP contribution in [0.4, 0.5) is 0 Å². The predicted molar refractivity (Wildman–Crippen MR) is 62.1 cm³/mol. The van der Waals surface area contributed by atoms with Crippen molar-refractivity contribution < 1.29 is 9.90 Å². The van der Waals surface area contributed by atoms with E-state index in [0.717, 1.165) is 6.42 Å². The molecule has 0 fully saturated rings. The molecule has 0 spiro atoms. The summed E-state index contributed by atoms with van der Waals surface area (Å²) in [5, 5.41) is 11.2. The number of aromatic nitrogens is 2. The number of hydrogen-bond acceptors (Lipinski definition) is 2. The summed E-state index contributed by atoms with van der Waals surface area (Å²) in [5.41, 5.74) is 3.84. The number of rotatable bonds is 1. The van der Waals surface area contributed by atoms with Gasteiger partial charge in [-0.25, -0.2) is 0 Å². The summed E-state index contributed by atoms with van der Waals surface area (Å²) in [5.74, 6) is 0. The Labute approximate surface area is 91.9 Å². The fourth-order valence-corrected chi connectivity index (χ4v) is 1.12. The van der Waals surface area contributed by atoms with E-state index in [9.17, 15) is 0 Å². The van der Waals surface area contributed by atoms with Crippen LogP contribution >= 0.6 is 0 Å². The minimum absolute atomic E-state index is 0.250. The monoisotopic (exact) mass is 214 g/mol. The van der Waals surface area contributed by atoms with Crippen molar-refractivity contribution in [2.45, 2.75) is 41.0 Å². The van der Waals surface area contributed by atoms with Crippen molar-refractivity contribution in [3.05, 3.63) is 17.0 Å². The van der Waals surface area contributed by atoms with Gasteiger partial charge in [-0.2, -0.15) is 5.10 Å². The second-order valence-electron chi connectivity index (χ2n) is 2.74. The maximum Gasteiger partial charge on any atom is 0.290 e. The molecule has 0 aliphatic carbocycles. The summed E-state index contributed by atoms with van der Waals surface area (Å²) >= 11 is 0. The molecule has 0 aliphatic heterocycles. The van der Waals surface area contributed by atoms with Gasteiger partial charge in [-0.15, -0.1) is 0 Å². The molecule has 1 rings (SSSR count). The third-order valence-electron chi connectivity index (χ3n) is 2.07. The van der Waals surface area contributed by atoms with Crippen LogP contribution in [-0.2, 0) is 18.3 Å². The van der Waals surface area contributed by atoms with E-state index in [1.807, 2.05) is 25.6 Å². The Kier molecular flexibility index (Phi) is 9.94. The average molecular weight is 214 g/mol. The van der Waals surface area contributed by atoms with Gasteiger partial charge in [0.25, 0.3) is 6.47 Å². The van der Waals surface area contributed by atoms with Gasteiger partial charge in [0.15, 0.2) is 0 Å². The number of carboxylic acid groups (broad SMARTS) is 1. The first-order chi connectivity index (χ1) is 7.08. The molecule has 1 heterocycles. The van der Waals surface area contributed by atoms with E-state index in [1.54, 1.807) is 0 Å². The third kappa shape index (κ3) is 5.20. The summed E-state index contributed by atoms with van der Waals surface area (Å²) in [4.78, 5) is 8.36. The molecule has 1 N–H and O–H groups in total. The molecule has 0 saturated heterocycles. The molecule has 0 radical (unpaired) electrons. The second kappa shape index (κ2) is 9.24. The summed E-state index contributed by atoms with van der Waals surface area (Å²) in [7, 11) is 1.99. The highest BCUT2D eigenvalue weighted by Crippen LogP contribution is 2.10. The SMILES string of the molecule is CC.CCc1nn(C)c(C)c1C.O=CO. The van der Waals surface area contributed by atoms with Crippen molar-refractivity contribution in [3.63, 3.8) is 0 Å². The molecule has 15 heavy (non-hydrogen) atoms. The fourth-order valence-electron chi connectivity index (χ4n) is 1.12. The van der Waals surface area contributed by atoms with E-state index in [1.165, 1.54) is 17.0 Å². The molecule has 1 aromatic heterocycles. The minimum atomic E-state index is -0.250. The van der Waals surface area contributed by atoms with Gasteiger partial charge in [-0.05, 0) is 25.8 Å². The third-order valence-corrected chi connectivity index (χ3v) is 2.07. The number of hydrogen-bond donors (Lipinski definition) is 1. The summed E-state index contributed by atoms with van der Waals surface area (Å²) in [6, 6.07) is 0. The van der Waals surface area contributed by atoms with Gasteiger partial charge in [-0.3, -0.25) is 9.48 Å². The first-order valence-corrected chi connectivity index (χ1v) is 5.15. The number of aryl methyl sites for hydroxylation is 2. The van der Waals surface area contributed by atoms with Crippen molar-refractivity contribution in [3.8, 4) is 0 Å². The molecule has 88 valence electrons. The van der Waals surface area contributed by atoms with Gasteiger partial charge in [-0.1, -0.05) is 20.8 Å². The molecule has 1 aromatic rings. The Morgan fingerprint density at radius 1 is 1.40 bits per heavy atom. The Morgan fingerprint density at radius 2 is 1.80 bits per heavy atom. The van der Waals surface area contributed by atoms with Crippen LogP contribution in [-0.4, -0.2) is 21.4 Å². The topological polar surface area (TPSA) is 55.1 Å². The van der Waals surface area contributed by atoms with Crippen LogP contribution in [0.5, 0.6) is 0 Å². The zero-order valence-electron chi connectivity index (χ0n) is 10.5. The first kappa shape index (κ1) is 16.1. The van der Waals surface area contributed by atoms with Crippen LogP contribution in [0.1, 0.15) is 37.7 Å². The van der Waals surface area contributed by atoms with Gasteiger partial charge >= 0.3 is 0 Å². The number of nitrogens with zero attached hydrogens (tertiary/aromatic N) is 2. The lowest BCUT2D eigenvalue weighted by molar-refractivity contribution is -0.122. The Bertz CT molecular complexity index is 280. The smallest absolute Gasteiger partial charge is 0.290 e. The van der Waals surface area contributed by atoms with Crippen LogP contribution in [0.15, 0.2) is 0 Å². The summed E-state index contributed by atoms with van der Waals surface area (Å²) in [6.45, 7) is 10.1. The Morgan fingerprint density at radius 3 is 1.93 bits per heavy atom. The lowest BCUT2D eigenvalue weighted by Crippen LogP contribution is -1.92. The molecule has 4 nitrogen and oxygen atoms in total. The lowest BCUT2D eigenvalue weighted by Gasteiger charge is -1.91. The molecule has 0 unspecified atom stereocenters. The van der Waals surface area contributed by atoms with Crippen molar-refractivity contribution in [1.82, 2.24) is 9.78 Å². The Hall–Kier alpha value is -1.32. The van der Waals surface area contributed by atoms with Crippen LogP contribution in [0.2, 0.25) is 0 Å². The van der Waals surface area contributed by atoms with Gasteiger partial charge in [0.2, 0.25) is 0 Å². The average Bonchev–Trinajstić information content (AvgIpc) is 2.50. The normalized spacial score (nSPS) is 8.13. The van der Waals surface area contributed by atoms with E-state index in [0.29, 0.717) is 0 Å². The van der Waals surface area contributed by atoms with Crippen LogP contribution < -0.4 is 0 Å². The highest BCUT2D eigenvalue weighted by atomic mass is 16.3. The largest absolute Gasteiger partial charge is 0.483 e.